The average Bonchev–Trinajstić information content (AvgIpc) is 2.62. The fourth-order valence-electron chi connectivity index (χ4n) is 3.40. The SMILES string of the molecule is O=C(O)c1cc(F)c(NCc2ccc(C3CCCCC3)cc2)c(F)c1. The first-order valence-corrected chi connectivity index (χ1v) is 8.59. The highest BCUT2D eigenvalue weighted by molar-refractivity contribution is 5.88. The minimum Gasteiger partial charge on any atom is -0.478 e. The summed E-state index contributed by atoms with van der Waals surface area (Å²) in [6.45, 7) is 0.269. The number of anilines is 1. The predicted octanol–water partition coefficient (Wildman–Crippen LogP) is 5.32. The van der Waals surface area contributed by atoms with Crippen molar-refractivity contribution < 1.29 is 18.7 Å². The second-order valence-electron chi connectivity index (χ2n) is 6.55. The standard InChI is InChI=1S/C20H21F2NO2/c21-17-10-16(20(24)25)11-18(22)19(17)23-12-13-6-8-15(9-7-13)14-4-2-1-3-5-14/h6-11,14,23H,1-5,12H2,(H,24,25). The molecule has 1 aliphatic carbocycles. The van der Waals surface area contributed by atoms with Gasteiger partial charge in [-0.25, -0.2) is 13.6 Å². The molecule has 2 aromatic carbocycles. The van der Waals surface area contributed by atoms with Crippen LogP contribution in [-0.4, -0.2) is 11.1 Å². The average molecular weight is 345 g/mol. The van der Waals surface area contributed by atoms with E-state index in [9.17, 15) is 13.6 Å². The van der Waals surface area contributed by atoms with Gasteiger partial charge >= 0.3 is 5.97 Å². The maximum atomic E-state index is 13.9. The Labute approximate surface area is 145 Å². The summed E-state index contributed by atoms with van der Waals surface area (Å²) in [6.07, 6.45) is 6.32. The van der Waals surface area contributed by atoms with E-state index in [-0.39, 0.29) is 12.2 Å². The van der Waals surface area contributed by atoms with Gasteiger partial charge in [0.05, 0.1) is 5.56 Å². The van der Waals surface area contributed by atoms with Crippen LogP contribution in [-0.2, 0) is 6.54 Å². The molecule has 1 saturated carbocycles. The molecule has 2 aromatic rings. The van der Waals surface area contributed by atoms with Gasteiger partial charge in [-0.1, -0.05) is 43.5 Å². The highest BCUT2D eigenvalue weighted by Crippen LogP contribution is 2.32. The van der Waals surface area contributed by atoms with Gasteiger partial charge in [0.1, 0.15) is 17.3 Å². The van der Waals surface area contributed by atoms with Crippen molar-refractivity contribution in [2.75, 3.05) is 5.32 Å². The van der Waals surface area contributed by atoms with E-state index in [1.807, 2.05) is 12.1 Å². The second kappa shape index (κ2) is 7.64. The van der Waals surface area contributed by atoms with Gasteiger partial charge in [-0.15, -0.1) is 0 Å². The number of carboxylic acid groups (broad SMARTS) is 1. The highest BCUT2D eigenvalue weighted by Gasteiger charge is 2.16. The molecule has 132 valence electrons. The molecule has 0 saturated heterocycles. The van der Waals surface area contributed by atoms with Crippen molar-refractivity contribution in [3.05, 3.63) is 64.7 Å². The maximum Gasteiger partial charge on any atom is 0.335 e. The number of hydrogen-bond acceptors (Lipinski definition) is 2. The lowest BCUT2D eigenvalue weighted by Gasteiger charge is -2.22. The van der Waals surface area contributed by atoms with Gasteiger partial charge < -0.3 is 10.4 Å². The van der Waals surface area contributed by atoms with Crippen molar-refractivity contribution in [3.8, 4) is 0 Å². The summed E-state index contributed by atoms with van der Waals surface area (Å²) in [7, 11) is 0. The molecule has 25 heavy (non-hydrogen) atoms. The van der Waals surface area contributed by atoms with E-state index < -0.39 is 23.2 Å². The van der Waals surface area contributed by atoms with Crippen molar-refractivity contribution in [3.63, 3.8) is 0 Å². The van der Waals surface area contributed by atoms with Crippen LogP contribution in [0.25, 0.3) is 0 Å². The lowest BCUT2D eigenvalue weighted by Crippen LogP contribution is -2.07. The van der Waals surface area contributed by atoms with Crippen molar-refractivity contribution in [1.29, 1.82) is 0 Å². The molecule has 0 amide bonds. The third-order valence-electron chi connectivity index (χ3n) is 4.81. The Morgan fingerprint density at radius 2 is 1.64 bits per heavy atom. The number of aromatic carboxylic acids is 1. The van der Waals surface area contributed by atoms with Crippen molar-refractivity contribution >= 4 is 11.7 Å². The first kappa shape index (κ1) is 17.4. The van der Waals surface area contributed by atoms with E-state index in [0.717, 1.165) is 17.7 Å². The van der Waals surface area contributed by atoms with Gasteiger partial charge in [-0.2, -0.15) is 0 Å². The number of carboxylic acids is 1. The van der Waals surface area contributed by atoms with Crippen LogP contribution in [0.3, 0.4) is 0 Å². The molecule has 0 radical (unpaired) electrons. The predicted molar refractivity (Wildman–Crippen MR) is 92.9 cm³/mol. The van der Waals surface area contributed by atoms with Gasteiger partial charge in [0, 0.05) is 6.54 Å². The number of benzene rings is 2. The molecule has 0 aliphatic heterocycles. The Balaban J connectivity index is 1.66. The van der Waals surface area contributed by atoms with Crippen LogP contribution in [0.1, 0.15) is 59.5 Å². The first-order chi connectivity index (χ1) is 12.0. The normalized spacial score (nSPS) is 15.1. The number of nitrogens with one attached hydrogen (secondary N) is 1. The molecule has 1 aliphatic rings. The Bertz CT molecular complexity index is 730. The number of rotatable bonds is 5. The van der Waals surface area contributed by atoms with Gasteiger partial charge in [0.2, 0.25) is 0 Å². The largest absolute Gasteiger partial charge is 0.478 e. The summed E-state index contributed by atoms with van der Waals surface area (Å²) < 4.78 is 27.8. The summed E-state index contributed by atoms with van der Waals surface area (Å²) in [5.41, 5.74) is 1.53. The third-order valence-corrected chi connectivity index (χ3v) is 4.81. The topological polar surface area (TPSA) is 49.3 Å². The van der Waals surface area contributed by atoms with E-state index in [1.165, 1.54) is 37.7 Å². The fourth-order valence-corrected chi connectivity index (χ4v) is 3.40. The molecule has 0 unspecified atom stereocenters. The van der Waals surface area contributed by atoms with Crippen LogP contribution in [0.15, 0.2) is 36.4 Å². The van der Waals surface area contributed by atoms with Crippen LogP contribution >= 0.6 is 0 Å². The quantitative estimate of drug-likeness (QED) is 0.771. The summed E-state index contributed by atoms with van der Waals surface area (Å²) in [5, 5.41) is 11.5. The lowest BCUT2D eigenvalue weighted by molar-refractivity contribution is 0.0696. The molecule has 0 aromatic heterocycles. The molecule has 0 heterocycles. The highest BCUT2D eigenvalue weighted by atomic mass is 19.1. The Morgan fingerprint density at radius 1 is 1.04 bits per heavy atom. The van der Waals surface area contributed by atoms with E-state index in [0.29, 0.717) is 5.92 Å². The van der Waals surface area contributed by atoms with Crippen molar-refractivity contribution in [1.82, 2.24) is 0 Å². The molecule has 3 nitrogen and oxygen atoms in total. The smallest absolute Gasteiger partial charge is 0.335 e. The molecule has 0 spiro atoms. The minimum atomic E-state index is -1.36. The zero-order valence-electron chi connectivity index (χ0n) is 13.9. The number of carbonyl (C=O) groups is 1. The fraction of sp³-hybridized carbons (Fsp3) is 0.350. The van der Waals surface area contributed by atoms with Crippen LogP contribution in [0.5, 0.6) is 0 Å². The van der Waals surface area contributed by atoms with E-state index in [2.05, 4.69) is 17.4 Å². The first-order valence-electron chi connectivity index (χ1n) is 8.59. The zero-order valence-corrected chi connectivity index (χ0v) is 13.9. The van der Waals surface area contributed by atoms with E-state index in [1.54, 1.807) is 0 Å². The Hall–Kier alpha value is -2.43. The molecule has 5 heteroatoms. The van der Waals surface area contributed by atoms with Gasteiger partial charge in [0.15, 0.2) is 0 Å². The zero-order chi connectivity index (χ0) is 17.8. The number of hydrogen-bond donors (Lipinski definition) is 2. The molecular weight excluding hydrogens is 324 g/mol. The Morgan fingerprint density at radius 3 is 2.20 bits per heavy atom. The van der Waals surface area contributed by atoms with E-state index in [4.69, 9.17) is 5.11 Å². The third kappa shape index (κ3) is 4.16. The Kier molecular flexibility index (Phi) is 5.31. The lowest BCUT2D eigenvalue weighted by atomic mass is 9.84. The van der Waals surface area contributed by atoms with Crippen molar-refractivity contribution in [2.24, 2.45) is 0 Å². The summed E-state index contributed by atoms with van der Waals surface area (Å²) >= 11 is 0. The molecule has 0 atom stereocenters. The molecular formula is C20H21F2NO2. The summed E-state index contributed by atoms with van der Waals surface area (Å²) in [6, 6.07) is 9.76. The van der Waals surface area contributed by atoms with E-state index >= 15 is 0 Å². The summed E-state index contributed by atoms with van der Waals surface area (Å²) in [5.74, 6) is -2.55. The van der Waals surface area contributed by atoms with Crippen molar-refractivity contribution in [2.45, 2.75) is 44.6 Å². The summed E-state index contributed by atoms with van der Waals surface area (Å²) in [4.78, 5) is 10.8. The molecule has 3 rings (SSSR count). The monoisotopic (exact) mass is 345 g/mol. The van der Waals surface area contributed by atoms with Crippen LogP contribution in [0.4, 0.5) is 14.5 Å². The number of halogens is 2. The maximum absolute atomic E-state index is 13.9. The molecule has 2 N–H and O–H groups in total. The molecule has 1 fully saturated rings. The van der Waals surface area contributed by atoms with Gasteiger partial charge in [-0.3, -0.25) is 0 Å². The van der Waals surface area contributed by atoms with Crippen LogP contribution in [0.2, 0.25) is 0 Å². The van der Waals surface area contributed by atoms with Crippen LogP contribution in [0, 0.1) is 11.6 Å². The van der Waals surface area contributed by atoms with Gasteiger partial charge in [0.25, 0.3) is 0 Å². The van der Waals surface area contributed by atoms with Gasteiger partial charge in [-0.05, 0) is 42.0 Å². The van der Waals surface area contributed by atoms with Crippen LogP contribution < -0.4 is 5.32 Å². The minimum absolute atomic E-state index is 0.269. The molecule has 0 bridgehead atoms. The second-order valence-corrected chi connectivity index (χ2v) is 6.55.